The van der Waals surface area contributed by atoms with E-state index in [4.69, 9.17) is 14.6 Å². The summed E-state index contributed by atoms with van der Waals surface area (Å²) in [6, 6.07) is 7.43. The van der Waals surface area contributed by atoms with Gasteiger partial charge in [0.2, 0.25) is 5.88 Å². The number of aryl methyl sites for hydroxylation is 1. The smallest absolute Gasteiger partial charge is 0.226 e. The van der Waals surface area contributed by atoms with Crippen LogP contribution in [0.15, 0.2) is 36.7 Å². The Morgan fingerprint density at radius 2 is 2.00 bits per heavy atom. The first-order valence-electron chi connectivity index (χ1n) is 9.08. The molecule has 2 atom stereocenters. The number of aliphatic hydroxyl groups is 1. The maximum Gasteiger partial charge on any atom is 0.226 e. The molecule has 3 aromatic rings. The van der Waals surface area contributed by atoms with Crippen LogP contribution >= 0.6 is 0 Å². The van der Waals surface area contributed by atoms with Crippen LogP contribution < -0.4 is 9.47 Å². The van der Waals surface area contributed by atoms with E-state index in [1.54, 1.807) is 31.6 Å². The Hall–Kier alpha value is -3.13. The van der Waals surface area contributed by atoms with Crippen LogP contribution in [-0.2, 0) is 6.61 Å². The van der Waals surface area contributed by atoms with Crippen LogP contribution in [0, 0.1) is 12.8 Å². The molecule has 1 saturated carbocycles. The third-order valence-corrected chi connectivity index (χ3v) is 4.76. The Labute approximate surface area is 162 Å². The molecule has 8 heteroatoms. The number of methoxy groups -OCH3 is 1. The highest BCUT2D eigenvalue weighted by molar-refractivity contribution is 5.63. The number of aromatic nitrogens is 5. The lowest BCUT2D eigenvalue weighted by Crippen LogP contribution is -2.06. The second-order valence-electron chi connectivity index (χ2n) is 6.74. The number of pyridine rings is 1. The predicted octanol–water partition coefficient (Wildman–Crippen LogP) is 2.32. The van der Waals surface area contributed by atoms with E-state index in [2.05, 4.69) is 25.1 Å². The second kappa shape index (κ2) is 7.85. The summed E-state index contributed by atoms with van der Waals surface area (Å²) in [4.78, 5) is 13.1. The molecule has 0 aromatic carbocycles. The van der Waals surface area contributed by atoms with Crippen molar-refractivity contribution in [2.24, 2.45) is 5.92 Å². The Morgan fingerprint density at radius 1 is 1.11 bits per heavy atom. The molecule has 0 radical (unpaired) electrons. The van der Waals surface area contributed by atoms with E-state index >= 15 is 0 Å². The number of aliphatic hydroxyl groups excluding tert-OH is 1. The molecule has 0 amide bonds. The van der Waals surface area contributed by atoms with E-state index in [0.717, 1.165) is 17.9 Å². The van der Waals surface area contributed by atoms with Crippen molar-refractivity contribution in [1.82, 2.24) is 25.1 Å². The first-order chi connectivity index (χ1) is 13.7. The Bertz CT molecular complexity index is 947. The van der Waals surface area contributed by atoms with Gasteiger partial charge in [0, 0.05) is 23.7 Å². The van der Waals surface area contributed by atoms with Gasteiger partial charge < -0.3 is 14.6 Å². The van der Waals surface area contributed by atoms with Gasteiger partial charge in [-0.05, 0) is 37.6 Å². The van der Waals surface area contributed by atoms with Crippen LogP contribution in [0.4, 0.5) is 0 Å². The maximum absolute atomic E-state index is 9.13. The van der Waals surface area contributed by atoms with Crippen molar-refractivity contribution in [2.75, 3.05) is 13.7 Å². The van der Waals surface area contributed by atoms with Gasteiger partial charge in [0.15, 0.2) is 0 Å². The topological polar surface area (TPSA) is 103 Å². The molecule has 0 unspecified atom stereocenters. The van der Waals surface area contributed by atoms with E-state index in [9.17, 15) is 0 Å². The third-order valence-electron chi connectivity index (χ3n) is 4.76. The Morgan fingerprint density at radius 3 is 2.68 bits per heavy atom. The summed E-state index contributed by atoms with van der Waals surface area (Å²) in [5, 5.41) is 17.2. The fraction of sp³-hybridized carbons (Fsp3) is 0.350. The molecule has 1 aliphatic rings. The minimum absolute atomic E-state index is 0.149. The third kappa shape index (κ3) is 3.91. The fourth-order valence-electron chi connectivity index (χ4n) is 3.03. The molecule has 0 bridgehead atoms. The molecule has 0 spiro atoms. The average molecular weight is 379 g/mol. The zero-order valence-corrected chi connectivity index (χ0v) is 15.7. The van der Waals surface area contributed by atoms with E-state index in [1.807, 2.05) is 19.1 Å². The highest BCUT2D eigenvalue weighted by Gasteiger charge is 2.40. The van der Waals surface area contributed by atoms with Crippen LogP contribution in [0.5, 0.6) is 11.6 Å². The zero-order chi connectivity index (χ0) is 19.5. The molecule has 28 heavy (non-hydrogen) atoms. The highest BCUT2D eigenvalue weighted by atomic mass is 16.5. The molecule has 3 aromatic heterocycles. The van der Waals surface area contributed by atoms with Gasteiger partial charge in [-0.3, -0.25) is 4.98 Å². The van der Waals surface area contributed by atoms with Crippen LogP contribution in [0.2, 0.25) is 0 Å². The number of hydrogen-bond acceptors (Lipinski definition) is 8. The van der Waals surface area contributed by atoms with Crippen molar-refractivity contribution in [3.05, 3.63) is 53.9 Å². The second-order valence-corrected chi connectivity index (χ2v) is 6.74. The molecule has 144 valence electrons. The molecule has 1 fully saturated rings. The molecular weight excluding hydrogens is 358 g/mol. The quantitative estimate of drug-likeness (QED) is 0.667. The van der Waals surface area contributed by atoms with Crippen LogP contribution in [0.3, 0.4) is 0 Å². The van der Waals surface area contributed by atoms with Gasteiger partial charge in [0.1, 0.15) is 11.6 Å². The van der Waals surface area contributed by atoms with Crippen molar-refractivity contribution in [3.63, 3.8) is 0 Å². The summed E-state index contributed by atoms with van der Waals surface area (Å²) in [5.41, 5.74) is 2.85. The van der Waals surface area contributed by atoms with E-state index in [1.165, 1.54) is 0 Å². The minimum atomic E-state index is -0.149. The lowest BCUT2D eigenvalue weighted by Gasteiger charge is -2.10. The number of hydrogen-bond donors (Lipinski definition) is 1. The zero-order valence-electron chi connectivity index (χ0n) is 15.7. The molecule has 3 heterocycles. The molecule has 1 N–H and O–H groups in total. The SMILES string of the molecule is COc1ccc([C@H]2C[C@@H]2COc2nc(C)ncc2-c2ccc(CO)nn2)nc1. The number of nitrogens with zero attached hydrogens (tertiary/aromatic N) is 5. The summed E-state index contributed by atoms with van der Waals surface area (Å²) in [5.74, 6) is 2.66. The van der Waals surface area contributed by atoms with Gasteiger partial charge in [0.05, 0.1) is 43.5 Å². The van der Waals surface area contributed by atoms with Gasteiger partial charge in [-0.1, -0.05) is 0 Å². The van der Waals surface area contributed by atoms with Crippen molar-refractivity contribution in [3.8, 4) is 22.9 Å². The average Bonchev–Trinajstić information content (AvgIpc) is 3.52. The first kappa shape index (κ1) is 18.2. The van der Waals surface area contributed by atoms with Gasteiger partial charge >= 0.3 is 0 Å². The Balaban J connectivity index is 1.45. The Kier molecular flexibility index (Phi) is 5.12. The van der Waals surface area contributed by atoms with E-state index < -0.39 is 0 Å². The van der Waals surface area contributed by atoms with Gasteiger partial charge in [-0.15, -0.1) is 5.10 Å². The standard InChI is InChI=1S/C20H21N5O3/c1-12-21-9-17(19-5-3-14(10-26)24-25-19)20(23-12)28-11-13-7-16(13)18-6-4-15(27-2)8-22-18/h3-6,8-9,13,16,26H,7,10-11H2,1-2H3/t13-,16+/m1/s1. The van der Waals surface area contributed by atoms with Crippen LogP contribution in [0.25, 0.3) is 11.3 Å². The fourth-order valence-corrected chi connectivity index (χ4v) is 3.03. The van der Waals surface area contributed by atoms with Crippen molar-refractivity contribution >= 4 is 0 Å². The molecule has 0 saturated heterocycles. The lowest BCUT2D eigenvalue weighted by molar-refractivity contribution is 0.275. The number of ether oxygens (including phenoxy) is 2. The van der Waals surface area contributed by atoms with Gasteiger partial charge in [0.25, 0.3) is 0 Å². The first-order valence-corrected chi connectivity index (χ1v) is 9.08. The summed E-state index contributed by atoms with van der Waals surface area (Å²) in [6.07, 6.45) is 4.46. The number of rotatable bonds is 7. The summed E-state index contributed by atoms with van der Waals surface area (Å²) in [6.45, 7) is 2.21. The monoisotopic (exact) mass is 379 g/mol. The highest BCUT2D eigenvalue weighted by Crippen LogP contribution is 2.47. The van der Waals surface area contributed by atoms with E-state index in [0.29, 0.717) is 47.1 Å². The summed E-state index contributed by atoms with van der Waals surface area (Å²) >= 11 is 0. The maximum atomic E-state index is 9.13. The summed E-state index contributed by atoms with van der Waals surface area (Å²) < 4.78 is 11.2. The molecule has 4 rings (SSSR count). The lowest BCUT2D eigenvalue weighted by atomic mass is 10.2. The van der Waals surface area contributed by atoms with Crippen molar-refractivity contribution in [1.29, 1.82) is 0 Å². The van der Waals surface area contributed by atoms with Crippen molar-refractivity contribution < 1.29 is 14.6 Å². The van der Waals surface area contributed by atoms with Crippen LogP contribution in [-0.4, -0.2) is 44.0 Å². The van der Waals surface area contributed by atoms with Gasteiger partial charge in [-0.2, -0.15) is 10.1 Å². The minimum Gasteiger partial charge on any atom is -0.495 e. The normalized spacial score (nSPS) is 18.0. The molecule has 8 nitrogen and oxygen atoms in total. The molecule has 1 aliphatic carbocycles. The molecular formula is C20H21N5O3. The summed E-state index contributed by atoms with van der Waals surface area (Å²) in [7, 11) is 1.63. The largest absolute Gasteiger partial charge is 0.495 e. The van der Waals surface area contributed by atoms with E-state index in [-0.39, 0.29) is 6.61 Å². The molecule has 0 aliphatic heterocycles. The van der Waals surface area contributed by atoms with Crippen LogP contribution in [0.1, 0.15) is 29.6 Å². The van der Waals surface area contributed by atoms with Gasteiger partial charge in [-0.25, -0.2) is 4.98 Å². The predicted molar refractivity (Wildman–Crippen MR) is 101 cm³/mol. The van der Waals surface area contributed by atoms with Crippen molar-refractivity contribution in [2.45, 2.75) is 25.9 Å².